The molecule has 0 N–H and O–H groups in total. The van der Waals surface area contributed by atoms with Crippen molar-refractivity contribution >= 4 is 32.9 Å². The summed E-state index contributed by atoms with van der Waals surface area (Å²) in [7, 11) is 0. The van der Waals surface area contributed by atoms with Gasteiger partial charge in [-0.2, -0.15) is 0 Å². The van der Waals surface area contributed by atoms with Crippen molar-refractivity contribution in [2.45, 2.75) is 6.42 Å². The minimum Gasteiger partial charge on any atom is -0.436 e. The van der Waals surface area contributed by atoms with Crippen LogP contribution in [0.25, 0.3) is 95.3 Å². The van der Waals surface area contributed by atoms with Crippen molar-refractivity contribution in [3.8, 4) is 62.4 Å². The van der Waals surface area contributed by atoms with E-state index < -0.39 is 0 Å². The van der Waals surface area contributed by atoms with Gasteiger partial charge in [0.05, 0.1) is 11.0 Å². The van der Waals surface area contributed by atoms with E-state index in [0.29, 0.717) is 28.9 Å². The van der Waals surface area contributed by atoms with Gasteiger partial charge in [-0.15, -0.1) is 0 Å². The number of rotatable bonds is 5. The Morgan fingerprint density at radius 1 is 0.434 bits per heavy atom. The molecule has 6 heteroatoms. The Bertz CT molecular complexity index is 2980. The number of aromatic nitrogens is 5. The fourth-order valence-electron chi connectivity index (χ4n) is 7.78. The van der Waals surface area contributed by atoms with Gasteiger partial charge in [0.1, 0.15) is 5.52 Å². The largest absolute Gasteiger partial charge is 0.436 e. The van der Waals surface area contributed by atoms with Gasteiger partial charge in [-0.25, -0.2) is 19.9 Å². The number of oxazole rings is 1. The normalized spacial score (nSPS) is 12.1. The zero-order valence-corrected chi connectivity index (χ0v) is 28.4. The SMILES string of the molecule is c1ccc(-c2nc(-c3ccccc3)nc(-c3ccc4nc(-c5cccc(-n6c7ccccc7c7cc8c(cc76)Cc6ccccc6-8)c5)oc4c3)n2)cc1. The van der Waals surface area contributed by atoms with Gasteiger partial charge >= 0.3 is 0 Å². The monoisotopic (exact) mass is 679 g/mol. The third kappa shape index (κ3) is 4.88. The summed E-state index contributed by atoms with van der Waals surface area (Å²) in [4.78, 5) is 19.6. The molecule has 1 aliphatic rings. The molecule has 11 rings (SSSR count). The van der Waals surface area contributed by atoms with Crippen molar-refractivity contribution in [3.63, 3.8) is 0 Å². The van der Waals surface area contributed by atoms with E-state index in [1.165, 1.54) is 44.1 Å². The Morgan fingerprint density at radius 2 is 1.11 bits per heavy atom. The molecule has 0 atom stereocenters. The number of nitrogens with zero attached hydrogens (tertiary/aromatic N) is 5. The van der Waals surface area contributed by atoms with E-state index >= 15 is 0 Å². The van der Waals surface area contributed by atoms with E-state index in [1.54, 1.807) is 0 Å². The van der Waals surface area contributed by atoms with E-state index in [4.69, 9.17) is 24.4 Å². The highest BCUT2D eigenvalue weighted by Gasteiger charge is 2.22. The maximum atomic E-state index is 6.50. The van der Waals surface area contributed by atoms with Crippen molar-refractivity contribution in [1.82, 2.24) is 24.5 Å². The van der Waals surface area contributed by atoms with Gasteiger partial charge in [0.25, 0.3) is 0 Å². The van der Waals surface area contributed by atoms with Gasteiger partial charge in [-0.3, -0.25) is 0 Å². The number of para-hydroxylation sites is 1. The lowest BCUT2D eigenvalue weighted by atomic mass is 10.0. The summed E-state index contributed by atoms with van der Waals surface area (Å²) in [6.07, 6.45) is 0.944. The molecule has 0 unspecified atom stereocenters. The molecule has 53 heavy (non-hydrogen) atoms. The highest BCUT2D eigenvalue weighted by molar-refractivity contribution is 6.11. The van der Waals surface area contributed by atoms with Crippen molar-refractivity contribution in [2.24, 2.45) is 0 Å². The van der Waals surface area contributed by atoms with Gasteiger partial charge in [0.15, 0.2) is 23.1 Å². The van der Waals surface area contributed by atoms with Crippen LogP contribution in [0, 0.1) is 0 Å². The summed E-state index contributed by atoms with van der Waals surface area (Å²) in [6, 6.07) is 56.6. The van der Waals surface area contributed by atoms with E-state index in [2.05, 4.69) is 89.5 Å². The molecule has 3 aromatic heterocycles. The molecule has 0 spiro atoms. The lowest BCUT2D eigenvalue weighted by Gasteiger charge is -2.10. The van der Waals surface area contributed by atoms with Gasteiger partial charge in [-0.1, -0.05) is 109 Å². The third-order valence-corrected chi connectivity index (χ3v) is 10.3. The molecular weight excluding hydrogens is 651 g/mol. The first-order chi connectivity index (χ1) is 26.2. The van der Waals surface area contributed by atoms with Crippen LogP contribution >= 0.6 is 0 Å². The molecular formula is C47H29N5O. The van der Waals surface area contributed by atoms with Crippen LogP contribution in [0.4, 0.5) is 0 Å². The number of fused-ring (bicyclic) bond motifs is 7. The fourth-order valence-corrected chi connectivity index (χ4v) is 7.78. The van der Waals surface area contributed by atoms with Crippen molar-refractivity contribution in [3.05, 3.63) is 175 Å². The lowest BCUT2D eigenvalue weighted by molar-refractivity contribution is 0.620. The molecule has 248 valence electrons. The van der Waals surface area contributed by atoms with Crippen LogP contribution in [0.15, 0.2) is 168 Å². The van der Waals surface area contributed by atoms with Crippen LogP contribution in [-0.4, -0.2) is 24.5 Å². The topological polar surface area (TPSA) is 69.6 Å². The molecule has 7 aromatic carbocycles. The second-order valence-electron chi connectivity index (χ2n) is 13.5. The average molecular weight is 680 g/mol. The highest BCUT2D eigenvalue weighted by Crippen LogP contribution is 2.42. The van der Waals surface area contributed by atoms with Gasteiger partial charge < -0.3 is 8.98 Å². The standard InChI is InChI=1S/C47H29N5O/c1-3-12-29(13-4-1)44-49-45(30-14-5-2-6-15-30)51-46(50-44)32-22-23-40-43(27-32)53-47(48-40)33-17-11-18-35(25-33)52-41-21-10-9-20-37(41)39-28-38-34(26-42(39)52)24-31-16-7-8-19-36(31)38/h1-23,25-28H,24H2. The summed E-state index contributed by atoms with van der Waals surface area (Å²) >= 11 is 0. The Balaban J connectivity index is 1.01. The van der Waals surface area contributed by atoms with Crippen LogP contribution < -0.4 is 0 Å². The van der Waals surface area contributed by atoms with Gasteiger partial charge in [0, 0.05) is 38.7 Å². The molecule has 0 amide bonds. The molecule has 1 aliphatic carbocycles. The highest BCUT2D eigenvalue weighted by atomic mass is 16.3. The summed E-state index contributed by atoms with van der Waals surface area (Å²) in [5.74, 6) is 2.36. The summed E-state index contributed by atoms with van der Waals surface area (Å²) in [5.41, 5.74) is 13.8. The van der Waals surface area contributed by atoms with Crippen LogP contribution in [-0.2, 0) is 6.42 Å². The lowest BCUT2D eigenvalue weighted by Crippen LogP contribution is -2.00. The average Bonchev–Trinajstić information content (AvgIpc) is 3.92. The predicted molar refractivity (Wildman–Crippen MR) is 212 cm³/mol. The van der Waals surface area contributed by atoms with Crippen LogP contribution in [0.3, 0.4) is 0 Å². The summed E-state index contributed by atoms with van der Waals surface area (Å²) < 4.78 is 8.87. The van der Waals surface area contributed by atoms with Crippen molar-refractivity contribution in [2.75, 3.05) is 0 Å². The second-order valence-corrected chi connectivity index (χ2v) is 13.5. The molecule has 0 saturated carbocycles. The second kappa shape index (κ2) is 11.7. The Hall–Kier alpha value is -7.18. The number of hydrogen-bond acceptors (Lipinski definition) is 5. The Morgan fingerprint density at radius 3 is 1.91 bits per heavy atom. The van der Waals surface area contributed by atoms with E-state index in [-0.39, 0.29) is 0 Å². The molecule has 0 saturated heterocycles. The molecule has 0 bridgehead atoms. The van der Waals surface area contributed by atoms with Crippen molar-refractivity contribution < 1.29 is 4.42 Å². The first-order valence-electron chi connectivity index (χ1n) is 17.8. The number of hydrogen-bond donors (Lipinski definition) is 0. The molecule has 0 fully saturated rings. The van der Waals surface area contributed by atoms with E-state index in [9.17, 15) is 0 Å². The Kier molecular flexibility index (Phi) is 6.51. The molecule has 6 nitrogen and oxygen atoms in total. The first-order valence-corrected chi connectivity index (χ1v) is 17.8. The maximum absolute atomic E-state index is 6.50. The van der Waals surface area contributed by atoms with Crippen LogP contribution in [0.1, 0.15) is 11.1 Å². The van der Waals surface area contributed by atoms with Gasteiger partial charge in [-0.05, 0) is 83.3 Å². The first kappa shape index (κ1) is 29.5. The minimum atomic E-state index is 0.557. The van der Waals surface area contributed by atoms with E-state index in [1.807, 2.05) is 78.9 Å². The molecule has 3 heterocycles. The summed E-state index contributed by atoms with van der Waals surface area (Å²) in [5, 5.41) is 2.48. The van der Waals surface area contributed by atoms with Crippen molar-refractivity contribution in [1.29, 1.82) is 0 Å². The molecule has 0 aliphatic heterocycles. The minimum absolute atomic E-state index is 0.557. The molecule has 10 aromatic rings. The van der Waals surface area contributed by atoms with Crippen LogP contribution in [0.5, 0.6) is 0 Å². The van der Waals surface area contributed by atoms with E-state index in [0.717, 1.165) is 39.9 Å². The molecule has 0 radical (unpaired) electrons. The third-order valence-electron chi connectivity index (χ3n) is 10.3. The van der Waals surface area contributed by atoms with Crippen LogP contribution in [0.2, 0.25) is 0 Å². The summed E-state index contributed by atoms with van der Waals surface area (Å²) in [6.45, 7) is 0. The van der Waals surface area contributed by atoms with Gasteiger partial charge in [0.2, 0.25) is 5.89 Å². The smallest absolute Gasteiger partial charge is 0.227 e. The predicted octanol–water partition coefficient (Wildman–Crippen LogP) is 11.3. The maximum Gasteiger partial charge on any atom is 0.227 e. The zero-order chi connectivity index (χ0) is 34.9. The zero-order valence-electron chi connectivity index (χ0n) is 28.4. The fraction of sp³-hybridized carbons (Fsp3) is 0.0213. The Labute approximate surface area is 304 Å². The number of benzene rings is 7. The quantitative estimate of drug-likeness (QED) is 0.181.